The van der Waals surface area contributed by atoms with Gasteiger partial charge in [0, 0.05) is 24.0 Å². The maximum Gasteiger partial charge on any atom is 0.261 e. The Hall–Kier alpha value is -1.48. The molecule has 148 valence electrons. The van der Waals surface area contributed by atoms with Crippen molar-refractivity contribution in [1.29, 1.82) is 0 Å². The highest BCUT2D eigenvalue weighted by Crippen LogP contribution is 2.45. The van der Waals surface area contributed by atoms with E-state index in [2.05, 4.69) is 10.2 Å². The van der Waals surface area contributed by atoms with Crippen LogP contribution < -0.4 is 11.1 Å². The highest BCUT2D eigenvalue weighted by atomic mass is 32.1. The fraction of sp³-hybridized carbons (Fsp3) is 0.684. The van der Waals surface area contributed by atoms with Gasteiger partial charge >= 0.3 is 0 Å². The summed E-state index contributed by atoms with van der Waals surface area (Å²) < 4.78 is 6.23. The number of nitrogens with two attached hydrogens (primary N) is 1. The van der Waals surface area contributed by atoms with E-state index in [1.807, 2.05) is 6.07 Å². The van der Waals surface area contributed by atoms with Crippen LogP contribution in [0.1, 0.15) is 52.2 Å². The molecule has 0 unspecified atom stereocenters. The van der Waals surface area contributed by atoms with E-state index in [4.69, 9.17) is 10.5 Å². The number of aliphatic hydroxyl groups excluding tert-OH is 1. The van der Waals surface area contributed by atoms with Gasteiger partial charge in [0.2, 0.25) is 5.91 Å². The number of fused-ring (bicyclic) bond motifs is 2. The molecule has 1 aromatic rings. The van der Waals surface area contributed by atoms with Crippen LogP contribution in [-0.4, -0.2) is 60.2 Å². The Morgan fingerprint density at radius 1 is 1.37 bits per heavy atom. The van der Waals surface area contributed by atoms with Gasteiger partial charge in [0.05, 0.1) is 24.1 Å². The zero-order valence-electron chi connectivity index (χ0n) is 15.4. The summed E-state index contributed by atoms with van der Waals surface area (Å²) in [5.74, 6) is -0.349. The molecule has 1 saturated carbocycles. The summed E-state index contributed by atoms with van der Waals surface area (Å²) in [6.07, 6.45) is 4.38. The zero-order valence-corrected chi connectivity index (χ0v) is 16.2. The van der Waals surface area contributed by atoms with Gasteiger partial charge in [-0.3, -0.25) is 14.5 Å². The summed E-state index contributed by atoms with van der Waals surface area (Å²) in [5.41, 5.74) is 6.19. The molecular formula is C19H27N3O4S. The summed E-state index contributed by atoms with van der Waals surface area (Å²) in [7, 11) is 0. The van der Waals surface area contributed by atoms with Crippen molar-refractivity contribution in [3.05, 3.63) is 21.4 Å². The topological polar surface area (TPSA) is 105 Å². The van der Waals surface area contributed by atoms with Gasteiger partial charge in [-0.15, -0.1) is 11.3 Å². The molecule has 3 aliphatic rings. The average Bonchev–Trinajstić information content (AvgIpc) is 3.24. The second-order valence-corrected chi connectivity index (χ2v) is 8.99. The average molecular weight is 394 g/mol. The lowest BCUT2D eigenvalue weighted by molar-refractivity contribution is -0.123. The van der Waals surface area contributed by atoms with Crippen molar-refractivity contribution in [1.82, 2.24) is 10.2 Å². The van der Waals surface area contributed by atoms with Gasteiger partial charge in [0.25, 0.3) is 5.91 Å². The van der Waals surface area contributed by atoms with Crippen LogP contribution in [0.15, 0.2) is 6.07 Å². The molecule has 0 bridgehead atoms. The smallest absolute Gasteiger partial charge is 0.261 e. The van der Waals surface area contributed by atoms with E-state index in [-0.39, 0.29) is 36.1 Å². The highest BCUT2D eigenvalue weighted by Gasteiger charge is 2.43. The number of aliphatic hydroxyl groups is 1. The summed E-state index contributed by atoms with van der Waals surface area (Å²) in [6, 6.07) is 2.08. The molecule has 1 saturated heterocycles. The van der Waals surface area contributed by atoms with Gasteiger partial charge < -0.3 is 20.9 Å². The first-order valence-corrected chi connectivity index (χ1v) is 10.5. The minimum absolute atomic E-state index is 0.0465. The first-order valence-electron chi connectivity index (χ1n) is 9.72. The third-order valence-corrected chi connectivity index (χ3v) is 7.34. The largest absolute Gasteiger partial charge is 0.393 e. The number of rotatable bonds is 4. The number of ether oxygens (including phenoxy) is 1. The van der Waals surface area contributed by atoms with Crippen LogP contribution in [0, 0.1) is 0 Å². The Morgan fingerprint density at radius 2 is 2.15 bits per heavy atom. The van der Waals surface area contributed by atoms with Crippen LogP contribution in [0.2, 0.25) is 0 Å². The van der Waals surface area contributed by atoms with E-state index in [0.29, 0.717) is 13.0 Å². The predicted octanol–water partition coefficient (Wildman–Crippen LogP) is 0.740. The van der Waals surface area contributed by atoms with Crippen LogP contribution in [-0.2, 0) is 21.6 Å². The number of carbonyl (C=O) groups excluding carboxylic acids is 2. The van der Waals surface area contributed by atoms with E-state index in [9.17, 15) is 14.7 Å². The lowest BCUT2D eigenvalue weighted by atomic mass is 9.85. The molecule has 27 heavy (non-hydrogen) atoms. The van der Waals surface area contributed by atoms with Crippen LogP contribution in [0.25, 0.3) is 0 Å². The summed E-state index contributed by atoms with van der Waals surface area (Å²) in [6.45, 7) is 2.48. The van der Waals surface area contributed by atoms with E-state index in [0.717, 1.165) is 50.1 Å². The molecule has 1 aliphatic carbocycles. The van der Waals surface area contributed by atoms with Gasteiger partial charge in [0.1, 0.15) is 5.60 Å². The third kappa shape index (κ3) is 3.89. The Kier molecular flexibility index (Phi) is 5.24. The number of likely N-dealkylation sites (tertiary alicyclic amines) is 1. The Morgan fingerprint density at radius 3 is 2.81 bits per heavy atom. The third-order valence-electron chi connectivity index (χ3n) is 5.98. The lowest BCUT2D eigenvalue weighted by Crippen LogP contribution is -2.48. The summed E-state index contributed by atoms with van der Waals surface area (Å²) in [5, 5.41) is 12.7. The van der Waals surface area contributed by atoms with Crippen molar-refractivity contribution in [3.63, 3.8) is 0 Å². The fourth-order valence-corrected chi connectivity index (χ4v) is 5.86. The molecule has 2 fully saturated rings. The molecule has 0 aromatic carbocycles. The molecule has 4 N–H and O–H groups in total. The van der Waals surface area contributed by atoms with Crippen LogP contribution in [0.5, 0.6) is 0 Å². The molecule has 2 amide bonds. The second-order valence-electron chi connectivity index (χ2n) is 7.94. The molecule has 0 radical (unpaired) electrons. The molecule has 8 heteroatoms. The number of hydrogen-bond acceptors (Lipinski definition) is 6. The van der Waals surface area contributed by atoms with Crippen molar-refractivity contribution in [2.75, 3.05) is 26.2 Å². The standard InChI is InChI=1S/C19H27N3O4S/c20-16(24)11-22-6-4-19(5-7-22)17-12(3-8-26-19)9-15(27-17)18(25)21-13-1-2-14(23)10-13/h9,13-14,23H,1-8,10-11H2,(H2,20,24)(H,21,25)/t13-,14+/m1/s1. The Bertz CT molecular complexity index is 727. The number of amides is 2. The van der Waals surface area contributed by atoms with Crippen molar-refractivity contribution in [2.45, 2.75) is 56.3 Å². The van der Waals surface area contributed by atoms with Gasteiger partial charge in [-0.2, -0.15) is 0 Å². The minimum Gasteiger partial charge on any atom is -0.393 e. The van der Waals surface area contributed by atoms with Crippen molar-refractivity contribution in [2.24, 2.45) is 5.73 Å². The number of carbonyl (C=O) groups is 2. The number of hydrogen-bond donors (Lipinski definition) is 3. The molecule has 2 atom stereocenters. The first kappa shape index (κ1) is 18.9. The number of piperidine rings is 1. The van der Waals surface area contributed by atoms with Crippen LogP contribution in [0.4, 0.5) is 0 Å². The van der Waals surface area contributed by atoms with Crippen molar-refractivity contribution < 1.29 is 19.4 Å². The van der Waals surface area contributed by atoms with Crippen molar-refractivity contribution in [3.8, 4) is 0 Å². The molecule has 1 aromatic heterocycles. The van der Waals surface area contributed by atoms with Gasteiger partial charge in [0.15, 0.2) is 0 Å². The van der Waals surface area contributed by atoms with E-state index < -0.39 is 0 Å². The first-order chi connectivity index (χ1) is 12.9. The van der Waals surface area contributed by atoms with E-state index in [1.54, 1.807) is 0 Å². The zero-order chi connectivity index (χ0) is 19.0. The van der Waals surface area contributed by atoms with E-state index in [1.165, 1.54) is 21.8 Å². The fourth-order valence-electron chi connectivity index (χ4n) is 4.54. The summed E-state index contributed by atoms with van der Waals surface area (Å²) in [4.78, 5) is 27.8. The molecule has 7 nitrogen and oxygen atoms in total. The molecule has 4 rings (SSSR count). The van der Waals surface area contributed by atoms with Gasteiger partial charge in [-0.05, 0) is 50.2 Å². The van der Waals surface area contributed by atoms with Gasteiger partial charge in [-0.25, -0.2) is 0 Å². The second kappa shape index (κ2) is 7.50. The van der Waals surface area contributed by atoms with Crippen molar-refractivity contribution >= 4 is 23.2 Å². The molecular weight excluding hydrogens is 366 g/mol. The predicted molar refractivity (Wildman–Crippen MR) is 102 cm³/mol. The maximum absolute atomic E-state index is 12.7. The van der Waals surface area contributed by atoms with Crippen LogP contribution in [0.3, 0.4) is 0 Å². The number of nitrogens with one attached hydrogen (secondary N) is 1. The minimum atomic E-state index is -0.339. The SMILES string of the molecule is NC(=O)CN1CCC2(CC1)OCCc1cc(C(=O)N[C@@H]3CC[C@H](O)C3)sc12. The Labute approximate surface area is 162 Å². The summed E-state index contributed by atoms with van der Waals surface area (Å²) >= 11 is 1.54. The lowest BCUT2D eigenvalue weighted by Gasteiger charge is -2.43. The van der Waals surface area contributed by atoms with Crippen LogP contribution >= 0.6 is 11.3 Å². The van der Waals surface area contributed by atoms with Gasteiger partial charge in [-0.1, -0.05) is 0 Å². The normalized spacial score (nSPS) is 27.4. The van der Waals surface area contributed by atoms with E-state index >= 15 is 0 Å². The number of thiophene rings is 1. The molecule has 1 spiro atoms. The number of nitrogens with zero attached hydrogens (tertiary/aromatic N) is 1. The number of primary amides is 1. The quantitative estimate of drug-likeness (QED) is 0.700. The monoisotopic (exact) mass is 393 g/mol. The highest BCUT2D eigenvalue weighted by molar-refractivity contribution is 7.14. The maximum atomic E-state index is 12.7. The molecule has 3 heterocycles. The Balaban J connectivity index is 1.47. The molecule has 2 aliphatic heterocycles.